The summed E-state index contributed by atoms with van der Waals surface area (Å²) in [4.78, 5) is 0. The van der Waals surface area contributed by atoms with E-state index in [1.54, 1.807) is 0 Å². The molecule has 0 aliphatic carbocycles. The van der Waals surface area contributed by atoms with E-state index >= 15 is 0 Å². The predicted molar refractivity (Wildman–Crippen MR) is 97.7 cm³/mol. The van der Waals surface area contributed by atoms with Gasteiger partial charge in [0.05, 0.1) is 0 Å². The molecule has 0 radical (unpaired) electrons. The van der Waals surface area contributed by atoms with Gasteiger partial charge in [0.25, 0.3) is 0 Å². The van der Waals surface area contributed by atoms with Crippen molar-refractivity contribution in [1.82, 2.24) is 0 Å². The SMILES string of the molecule is C[Si](C)(C)C#CC([O-])(CCc1ccccc1)[Si](C)(C)C.[Br-].[Mg+2]. The Morgan fingerprint density at radius 3 is 1.91 bits per heavy atom. The number of benzene rings is 1. The fourth-order valence-corrected chi connectivity index (χ4v) is 3.89. The molecule has 1 aromatic carbocycles. The van der Waals surface area contributed by atoms with Gasteiger partial charge in [-0.15, -0.1) is 11.5 Å². The van der Waals surface area contributed by atoms with Gasteiger partial charge < -0.3 is 22.1 Å². The van der Waals surface area contributed by atoms with Crippen LogP contribution < -0.4 is 22.1 Å². The van der Waals surface area contributed by atoms with Crippen LogP contribution in [0.3, 0.4) is 0 Å². The third-order valence-electron chi connectivity index (χ3n) is 3.46. The second kappa shape index (κ2) is 9.65. The second-order valence-electron chi connectivity index (χ2n) is 7.56. The van der Waals surface area contributed by atoms with Gasteiger partial charge in [-0.3, -0.25) is 0 Å². The molecule has 1 rings (SSSR count). The molecule has 118 valence electrons. The summed E-state index contributed by atoms with van der Waals surface area (Å²) in [6.45, 7) is 13.0. The molecule has 0 aliphatic rings. The maximum absolute atomic E-state index is 13.3. The van der Waals surface area contributed by atoms with Crippen LogP contribution in [-0.4, -0.2) is 44.4 Å². The summed E-state index contributed by atoms with van der Waals surface area (Å²) in [5.74, 6) is 3.16. The number of aryl methyl sites for hydroxylation is 1. The van der Waals surface area contributed by atoms with Crippen molar-refractivity contribution in [2.75, 3.05) is 0 Å². The number of hydrogen-bond acceptors (Lipinski definition) is 1. The predicted octanol–water partition coefficient (Wildman–Crippen LogP) is 0.0997. The van der Waals surface area contributed by atoms with Crippen molar-refractivity contribution >= 4 is 39.2 Å². The molecular formula is C17H27BrMgOSi2. The molecule has 5 heteroatoms. The second-order valence-corrected chi connectivity index (χ2v) is 17.6. The number of hydrogen-bond donors (Lipinski definition) is 0. The number of halogens is 1. The van der Waals surface area contributed by atoms with Gasteiger partial charge in [-0.25, -0.2) is 0 Å². The fourth-order valence-electron chi connectivity index (χ4n) is 1.88. The van der Waals surface area contributed by atoms with Crippen molar-refractivity contribution in [1.29, 1.82) is 0 Å². The summed E-state index contributed by atoms with van der Waals surface area (Å²) in [5.41, 5.74) is 4.55. The van der Waals surface area contributed by atoms with E-state index in [1.165, 1.54) is 5.56 Å². The molecule has 1 atom stereocenters. The summed E-state index contributed by atoms with van der Waals surface area (Å²) in [7, 11) is -3.36. The van der Waals surface area contributed by atoms with Crippen LogP contribution >= 0.6 is 0 Å². The molecule has 0 aliphatic heterocycles. The molecule has 0 bridgehead atoms. The molecule has 0 fully saturated rings. The van der Waals surface area contributed by atoms with Crippen LogP contribution in [0.4, 0.5) is 0 Å². The summed E-state index contributed by atoms with van der Waals surface area (Å²) >= 11 is 0. The van der Waals surface area contributed by atoms with Crippen LogP contribution in [0.2, 0.25) is 39.3 Å². The summed E-state index contributed by atoms with van der Waals surface area (Å²) in [6, 6.07) is 10.3. The van der Waals surface area contributed by atoms with Crippen molar-refractivity contribution in [3.05, 3.63) is 35.9 Å². The smallest absolute Gasteiger partial charge is 1.00 e. The topological polar surface area (TPSA) is 23.1 Å². The van der Waals surface area contributed by atoms with Gasteiger partial charge in [-0.05, 0) is 12.0 Å². The Labute approximate surface area is 165 Å². The Balaban J connectivity index is 0. The fraction of sp³-hybridized carbons (Fsp3) is 0.529. The molecule has 0 amide bonds. The van der Waals surface area contributed by atoms with Gasteiger partial charge in [-0.1, -0.05) is 81.3 Å². The van der Waals surface area contributed by atoms with E-state index in [-0.39, 0.29) is 40.0 Å². The van der Waals surface area contributed by atoms with E-state index < -0.39 is 21.4 Å². The van der Waals surface area contributed by atoms with Crippen LogP contribution in [0, 0.1) is 11.5 Å². The Kier molecular flexibility index (Phi) is 10.8. The van der Waals surface area contributed by atoms with Crippen molar-refractivity contribution < 1.29 is 22.1 Å². The minimum atomic E-state index is -1.87. The van der Waals surface area contributed by atoms with Crippen LogP contribution in [0.25, 0.3) is 0 Å². The Morgan fingerprint density at radius 1 is 1.00 bits per heavy atom. The first-order valence-electron chi connectivity index (χ1n) is 7.32. The Morgan fingerprint density at radius 2 is 1.50 bits per heavy atom. The van der Waals surface area contributed by atoms with E-state index in [2.05, 4.69) is 62.9 Å². The molecule has 0 N–H and O–H groups in total. The van der Waals surface area contributed by atoms with Crippen LogP contribution in [-0.2, 0) is 6.42 Å². The van der Waals surface area contributed by atoms with Crippen LogP contribution in [0.1, 0.15) is 12.0 Å². The van der Waals surface area contributed by atoms with E-state index in [1.807, 2.05) is 18.2 Å². The van der Waals surface area contributed by atoms with E-state index in [0.29, 0.717) is 6.42 Å². The average molecular weight is 408 g/mol. The van der Waals surface area contributed by atoms with Crippen molar-refractivity contribution in [3.8, 4) is 11.5 Å². The van der Waals surface area contributed by atoms with E-state index in [9.17, 15) is 5.11 Å². The maximum atomic E-state index is 13.3. The van der Waals surface area contributed by atoms with E-state index in [0.717, 1.165) is 6.42 Å². The first kappa shape index (κ1) is 24.7. The molecule has 1 aromatic rings. The van der Waals surface area contributed by atoms with Crippen molar-refractivity contribution in [2.45, 2.75) is 57.3 Å². The zero-order valence-corrected chi connectivity index (χ0v) is 19.8. The summed E-state index contributed by atoms with van der Waals surface area (Å²) in [6.07, 6.45) is 1.46. The molecule has 0 heterocycles. The van der Waals surface area contributed by atoms with Gasteiger partial charge in [0.15, 0.2) is 0 Å². The Hall–Kier alpha value is 0.420. The standard InChI is InChI=1S/C17H27OSi2.BrH.Mg/c1-19(2,3)15-14-17(18,20(4,5)6)13-12-16-10-8-7-9-11-16;;/h7-11H,12-13H2,1-6H3;1H;/q-1;;+2/p-1. The third kappa shape index (κ3) is 8.32. The summed E-state index contributed by atoms with van der Waals surface area (Å²) in [5, 5.41) is 12.2. The van der Waals surface area contributed by atoms with Crippen molar-refractivity contribution in [3.63, 3.8) is 0 Å². The first-order chi connectivity index (χ1) is 9.04. The molecular weight excluding hydrogens is 381 g/mol. The molecule has 1 nitrogen and oxygen atoms in total. The largest absolute Gasteiger partial charge is 2.00 e. The molecule has 0 saturated heterocycles. The monoisotopic (exact) mass is 406 g/mol. The maximum Gasteiger partial charge on any atom is 2.00 e. The first-order valence-corrected chi connectivity index (χ1v) is 14.3. The minimum Gasteiger partial charge on any atom is -1.00 e. The molecule has 0 spiro atoms. The zero-order valence-electron chi connectivity index (χ0n) is 14.8. The van der Waals surface area contributed by atoms with Gasteiger partial charge >= 0.3 is 23.1 Å². The average Bonchev–Trinajstić information content (AvgIpc) is 2.33. The van der Waals surface area contributed by atoms with Gasteiger partial charge in [0.1, 0.15) is 8.07 Å². The van der Waals surface area contributed by atoms with Gasteiger partial charge in [0.2, 0.25) is 0 Å². The van der Waals surface area contributed by atoms with Gasteiger partial charge in [0, 0.05) is 8.07 Å². The third-order valence-corrected chi connectivity index (χ3v) is 7.13. The number of rotatable bonds is 4. The molecule has 0 saturated carbocycles. The normalized spacial score (nSPS) is 13.8. The summed E-state index contributed by atoms with van der Waals surface area (Å²) < 4.78 is 0. The quantitative estimate of drug-likeness (QED) is 0.513. The van der Waals surface area contributed by atoms with Crippen LogP contribution in [0.5, 0.6) is 0 Å². The molecule has 22 heavy (non-hydrogen) atoms. The van der Waals surface area contributed by atoms with Crippen LogP contribution in [0.15, 0.2) is 30.3 Å². The Bertz CT molecular complexity index is 497. The van der Waals surface area contributed by atoms with E-state index in [4.69, 9.17) is 0 Å². The van der Waals surface area contributed by atoms with Crippen molar-refractivity contribution in [2.24, 2.45) is 0 Å². The molecule has 1 unspecified atom stereocenters. The zero-order chi connectivity index (χ0) is 15.4. The van der Waals surface area contributed by atoms with Gasteiger partial charge in [-0.2, -0.15) is 0 Å². The minimum absolute atomic E-state index is 0. The molecule has 0 aromatic heterocycles.